The highest BCUT2D eigenvalue weighted by molar-refractivity contribution is 8.18. The first kappa shape index (κ1) is 24.3. The lowest BCUT2D eigenvalue weighted by Gasteiger charge is -2.13. The Morgan fingerprint density at radius 2 is 1.86 bits per heavy atom. The predicted molar refractivity (Wildman–Crippen MR) is 133 cm³/mol. The molecule has 1 aliphatic heterocycles. The third-order valence-corrected chi connectivity index (χ3v) is 6.44. The highest BCUT2D eigenvalue weighted by Gasteiger charge is 2.35. The molecule has 0 aromatic heterocycles. The lowest BCUT2D eigenvalue weighted by Crippen LogP contribution is -2.27. The lowest BCUT2D eigenvalue weighted by molar-refractivity contribution is -0.384. The molecule has 10 heteroatoms. The Balaban J connectivity index is 1.49. The van der Waals surface area contributed by atoms with E-state index in [-0.39, 0.29) is 29.0 Å². The number of hydrogen-bond acceptors (Lipinski definition) is 7. The summed E-state index contributed by atoms with van der Waals surface area (Å²) in [5, 5.41) is 11.1. The van der Waals surface area contributed by atoms with E-state index in [1.54, 1.807) is 60.7 Å². The van der Waals surface area contributed by atoms with Crippen LogP contribution in [0.4, 0.5) is 10.5 Å². The van der Waals surface area contributed by atoms with Gasteiger partial charge in [-0.2, -0.15) is 0 Å². The van der Waals surface area contributed by atoms with E-state index >= 15 is 0 Å². The van der Waals surface area contributed by atoms with Gasteiger partial charge in [-0.3, -0.25) is 24.6 Å². The maximum atomic E-state index is 12.9. The third-order valence-electron chi connectivity index (χ3n) is 5.16. The molecule has 0 atom stereocenters. The van der Waals surface area contributed by atoms with Crippen molar-refractivity contribution in [3.8, 4) is 11.5 Å². The molecule has 1 saturated heterocycles. The Morgan fingerprint density at radius 3 is 2.60 bits per heavy atom. The van der Waals surface area contributed by atoms with E-state index in [4.69, 9.17) is 21.1 Å². The average molecular weight is 511 g/mol. The molecule has 178 valence electrons. The van der Waals surface area contributed by atoms with Crippen LogP contribution in [0.5, 0.6) is 11.5 Å². The number of methoxy groups -OCH3 is 1. The number of imide groups is 1. The monoisotopic (exact) mass is 510 g/mol. The van der Waals surface area contributed by atoms with Gasteiger partial charge >= 0.3 is 0 Å². The molecule has 8 nitrogen and oxygen atoms in total. The second-order valence-electron chi connectivity index (χ2n) is 7.49. The Kier molecular flexibility index (Phi) is 7.38. The zero-order chi connectivity index (χ0) is 24.9. The molecule has 4 rings (SSSR count). The predicted octanol–water partition coefficient (Wildman–Crippen LogP) is 6.07. The van der Waals surface area contributed by atoms with E-state index < -0.39 is 10.8 Å². The van der Waals surface area contributed by atoms with Crippen molar-refractivity contribution in [2.45, 2.75) is 13.2 Å². The number of halogens is 1. The molecule has 2 amide bonds. The number of nitro benzene ring substituents is 1. The number of ether oxygens (including phenoxy) is 2. The van der Waals surface area contributed by atoms with Crippen LogP contribution in [0.25, 0.3) is 6.08 Å². The molecule has 1 heterocycles. The molecule has 0 saturated carbocycles. The standard InChI is InChI=1S/C25H19ClN2O6S/c1-33-22-12-16(9-10-21(22)34-15-17-5-4-7-19(11-17)28(31)32)13-23-24(29)27(25(30)35-23)14-18-6-2-3-8-20(18)26/h2-13H,14-15H2,1H3/b23-13+. The molecular weight excluding hydrogens is 492 g/mol. The van der Waals surface area contributed by atoms with Crippen LogP contribution in [-0.2, 0) is 17.9 Å². The number of nitrogens with zero attached hydrogens (tertiary/aromatic N) is 2. The lowest BCUT2D eigenvalue weighted by atomic mass is 10.1. The fourth-order valence-corrected chi connectivity index (χ4v) is 4.43. The van der Waals surface area contributed by atoms with Crippen molar-refractivity contribution in [2.75, 3.05) is 7.11 Å². The number of amides is 2. The van der Waals surface area contributed by atoms with Crippen LogP contribution in [0.2, 0.25) is 5.02 Å². The summed E-state index contributed by atoms with van der Waals surface area (Å²) < 4.78 is 11.2. The van der Waals surface area contributed by atoms with Crippen LogP contribution in [0.15, 0.2) is 71.6 Å². The molecule has 0 spiro atoms. The van der Waals surface area contributed by atoms with Crippen molar-refractivity contribution in [2.24, 2.45) is 0 Å². The summed E-state index contributed by atoms with van der Waals surface area (Å²) in [6, 6.07) is 18.3. The molecule has 0 unspecified atom stereocenters. The molecule has 0 bridgehead atoms. The van der Waals surface area contributed by atoms with E-state index in [9.17, 15) is 19.7 Å². The minimum Gasteiger partial charge on any atom is -0.493 e. The number of non-ortho nitro benzene ring substituents is 1. The van der Waals surface area contributed by atoms with Gasteiger partial charge in [0.2, 0.25) is 0 Å². The number of carbonyl (C=O) groups excluding carboxylic acids is 2. The molecule has 0 aliphatic carbocycles. The summed E-state index contributed by atoms with van der Waals surface area (Å²) in [4.78, 5) is 37.3. The Labute approximate surface area is 210 Å². The van der Waals surface area contributed by atoms with Gasteiger partial charge in [-0.05, 0) is 52.7 Å². The first-order chi connectivity index (χ1) is 16.9. The van der Waals surface area contributed by atoms with Crippen LogP contribution >= 0.6 is 23.4 Å². The number of rotatable bonds is 8. The molecule has 3 aromatic rings. The Morgan fingerprint density at radius 1 is 1.06 bits per heavy atom. The molecular formula is C25H19ClN2O6S. The van der Waals surface area contributed by atoms with Crippen molar-refractivity contribution >= 4 is 46.3 Å². The number of benzene rings is 3. The zero-order valence-electron chi connectivity index (χ0n) is 18.5. The number of thioether (sulfide) groups is 1. The first-order valence-electron chi connectivity index (χ1n) is 10.4. The summed E-state index contributed by atoms with van der Waals surface area (Å²) in [7, 11) is 1.48. The van der Waals surface area contributed by atoms with Crippen LogP contribution in [0.3, 0.4) is 0 Å². The second-order valence-corrected chi connectivity index (χ2v) is 8.89. The fraction of sp³-hybridized carbons (Fsp3) is 0.120. The van der Waals surface area contributed by atoms with Crippen LogP contribution in [0, 0.1) is 10.1 Å². The molecule has 1 aliphatic rings. The minimum atomic E-state index is -0.463. The van der Waals surface area contributed by atoms with Crippen molar-refractivity contribution in [3.63, 3.8) is 0 Å². The smallest absolute Gasteiger partial charge is 0.293 e. The second kappa shape index (κ2) is 10.6. The number of hydrogen-bond donors (Lipinski definition) is 0. The van der Waals surface area contributed by atoms with Gasteiger partial charge in [0.15, 0.2) is 11.5 Å². The summed E-state index contributed by atoms with van der Waals surface area (Å²) in [6.45, 7) is 0.202. The van der Waals surface area contributed by atoms with Crippen molar-refractivity contribution in [1.29, 1.82) is 0 Å². The van der Waals surface area contributed by atoms with Gasteiger partial charge in [-0.1, -0.05) is 48.0 Å². The van der Waals surface area contributed by atoms with E-state index in [2.05, 4.69) is 0 Å². The van der Waals surface area contributed by atoms with Gasteiger partial charge in [0.1, 0.15) is 6.61 Å². The Bertz CT molecular complexity index is 1340. The maximum Gasteiger partial charge on any atom is 0.293 e. The van der Waals surface area contributed by atoms with E-state index in [0.717, 1.165) is 16.7 Å². The molecule has 0 N–H and O–H groups in total. The third kappa shape index (κ3) is 5.64. The van der Waals surface area contributed by atoms with Gasteiger partial charge in [0.25, 0.3) is 16.8 Å². The van der Waals surface area contributed by atoms with E-state index in [1.165, 1.54) is 19.2 Å². The van der Waals surface area contributed by atoms with Crippen molar-refractivity contribution in [3.05, 3.63) is 103 Å². The van der Waals surface area contributed by atoms with Gasteiger partial charge < -0.3 is 9.47 Å². The quantitative estimate of drug-likeness (QED) is 0.206. The van der Waals surface area contributed by atoms with Gasteiger partial charge in [0.05, 0.1) is 23.5 Å². The minimum absolute atomic E-state index is 0.0168. The normalized spacial score (nSPS) is 14.5. The highest BCUT2D eigenvalue weighted by atomic mass is 35.5. The zero-order valence-corrected chi connectivity index (χ0v) is 20.0. The highest BCUT2D eigenvalue weighted by Crippen LogP contribution is 2.36. The fourth-order valence-electron chi connectivity index (χ4n) is 3.40. The first-order valence-corrected chi connectivity index (χ1v) is 11.6. The molecule has 35 heavy (non-hydrogen) atoms. The topological polar surface area (TPSA) is 99.0 Å². The van der Waals surface area contributed by atoms with Gasteiger partial charge in [-0.15, -0.1) is 0 Å². The summed E-state index contributed by atoms with van der Waals surface area (Å²) in [5.74, 6) is 0.451. The van der Waals surface area contributed by atoms with Gasteiger partial charge in [0, 0.05) is 17.2 Å². The number of carbonyl (C=O) groups is 2. The molecule has 3 aromatic carbocycles. The van der Waals surface area contributed by atoms with Crippen LogP contribution in [0.1, 0.15) is 16.7 Å². The van der Waals surface area contributed by atoms with E-state index in [1.807, 2.05) is 0 Å². The van der Waals surface area contributed by atoms with Crippen molar-refractivity contribution < 1.29 is 24.0 Å². The van der Waals surface area contributed by atoms with Gasteiger partial charge in [-0.25, -0.2) is 0 Å². The summed E-state index contributed by atoms with van der Waals surface area (Å²) in [5.41, 5.74) is 1.95. The SMILES string of the molecule is COc1cc(/C=C2/SC(=O)N(Cc3ccccc3Cl)C2=O)ccc1OCc1cccc([N+](=O)[O-])c1. The maximum absolute atomic E-state index is 12.9. The summed E-state index contributed by atoms with van der Waals surface area (Å²) in [6.07, 6.45) is 1.62. The van der Waals surface area contributed by atoms with Crippen molar-refractivity contribution in [1.82, 2.24) is 4.90 Å². The number of nitro groups is 1. The van der Waals surface area contributed by atoms with Crippen LogP contribution in [-0.4, -0.2) is 28.1 Å². The average Bonchev–Trinajstić information content (AvgIpc) is 3.11. The molecule has 1 fully saturated rings. The molecule has 0 radical (unpaired) electrons. The van der Waals surface area contributed by atoms with Crippen LogP contribution < -0.4 is 9.47 Å². The summed E-state index contributed by atoms with van der Waals surface area (Å²) >= 11 is 7.03. The largest absolute Gasteiger partial charge is 0.493 e. The van der Waals surface area contributed by atoms with E-state index in [0.29, 0.717) is 33.2 Å². The Hall–Kier alpha value is -3.82.